The second kappa shape index (κ2) is 2.27. The van der Waals surface area contributed by atoms with Gasteiger partial charge in [0, 0.05) is 12.1 Å². The van der Waals surface area contributed by atoms with Crippen LogP contribution in [0.1, 0.15) is 20.8 Å². The summed E-state index contributed by atoms with van der Waals surface area (Å²) < 4.78 is 5.04. The van der Waals surface area contributed by atoms with Crippen molar-refractivity contribution in [3.63, 3.8) is 0 Å². The van der Waals surface area contributed by atoms with Crippen molar-refractivity contribution in [3.8, 4) is 0 Å². The number of epoxide rings is 1. The Hall–Kier alpha value is -0.0800. The Morgan fingerprint density at radius 2 is 2.11 bits per heavy atom. The molecule has 1 aliphatic heterocycles. The molecule has 2 nitrogen and oxygen atoms in total. The van der Waals surface area contributed by atoms with Gasteiger partial charge in [-0.25, -0.2) is 0 Å². The first-order chi connectivity index (χ1) is 4.08. The van der Waals surface area contributed by atoms with Crippen molar-refractivity contribution in [2.24, 2.45) is 0 Å². The van der Waals surface area contributed by atoms with Crippen LogP contribution >= 0.6 is 0 Å². The van der Waals surface area contributed by atoms with E-state index in [1.54, 1.807) is 0 Å². The molecule has 1 rings (SSSR count). The van der Waals surface area contributed by atoms with Crippen molar-refractivity contribution in [1.82, 2.24) is 5.32 Å². The molecule has 0 amide bonds. The molecule has 0 aromatic rings. The molecule has 2 heteroatoms. The summed E-state index contributed by atoms with van der Waals surface area (Å²) in [4.78, 5) is 0. The Bertz CT molecular complexity index is 91.6. The summed E-state index contributed by atoms with van der Waals surface area (Å²) >= 11 is 0. The molecule has 1 heterocycles. The number of rotatable bonds is 2. The molecule has 0 bridgehead atoms. The van der Waals surface area contributed by atoms with Gasteiger partial charge in [-0.15, -0.1) is 0 Å². The van der Waals surface area contributed by atoms with E-state index in [0.717, 1.165) is 13.2 Å². The summed E-state index contributed by atoms with van der Waals surface area (Å²) in [5.41, 5.74) is 0.242. The molecule has 0 saturated carbocycles. The Labute approximate surface area is 56.6 Å². The molecule has 0 aliphatic carbocycles. The lowest BCUT2D eigenvalue weighted by molar-refractivity contribution is 0.355. The third kappa shape index (κ3) is 3.49. The zero-order chi connectivity index (χ0) is 6.91. The normalized spacial score (nSPS) is 26.3. The van der Waals surface area contributed by atoms with Gasteiger partial charge >= 0.3 is 0 Å². The molecular formula is C7H15NO. The number of hydrogen-bond acceptors (Lipinski definition) is 2. The average molecular weight is 129 g/mol. The van der Waals surface area contributed by atoms with Crippen molar-refractivity contribution >= 4 is 0 Å². The number of hydrogen-bond donors (Lipinski definition) is 1. The molecule has 1 N–H and O–H groups in total. The molecule has 0 unspecified atom stereocenters. The highest BCUT2D eigenvalue weighted by atomic mass is 16.6. The highest BCUT2D eigenvalue weighted by Crippen LogP contribution is 2.08. The maximum absolute atomic E-state index is 5.04. The minimum absolute atomic E-state index is 0.242. The standard InChI is InChI=1S/C7H15NO/c1-7(2,3)8-4-6-5-9-6/h6,8H,4-5H2,1-3H3/t6-/m0/s1. The Balaban J connectivity index is 2.03. The van der Waals surface area contributed by atoms with E-state index in [-0.39, 0.29) is 5.54 Å². The van der Waals surface area contributed by atoms with Crippen LogP contribution in [-0.4, -0.2) is 24.8 Å². The molecule has 1 saturated heterocycles. The number of nitrogens with one attached hydrogen (secondary N) is 1. The zero-order valence-electron chi connectivity index (χ0n) is 6.40. The largest absolute Gasteiger partial charge is 0.372 e. The fourth-order valence-electron chi connectivity index (χ4n) is 0.606. The first kappa shape index (κ1) is 7.03. The molecule has 0 aromatic heterocycles. The van der Waals surface area contributed by atoms with E-state index >= 15 is 0 Å². The Kier molecular flexibility index (Phi) is 1.78. The van der Waals surface area contributed by atoms with Gasteiger partial charge < -0.3 is 10.1 Å². The molecule has 0 spiro atoms. The predicted octanol–water partition coefficient (Wildman–Crippen LogP) is 0.773. The Morgan fingerprint density at radius 1 is 1.56 bits per heavy atom. The monoisotopic (exact) mass is 129 g/mol. The van der Waals surface area contributed by atoms with Gasteiger partial charge in [-0.05, 0) is 20.8 Å². The van der Waals surface area contributed by atoms with E-state index in [0.29, 0.717) is 6.10 Å². The molecule has 1 fully saturated rings. The molecule has 9 heavy (non-hydrogen) atoms. The van der Waals surface area contributed by atoms with Crippen molar-refractivity contribution < 1.29 is 4.74 Å². The second-order valence-corrected chi connectivity index (χ2v) is 3.59. The van der Waals surface area contributed by atoms with Crippen molar-refractivity contribution in [2.75, 3.05) is 13.2 Å². The van der Waals surface area contributed by atoms with Gasteiger partial charge in [0.15, 0.2) is 0 Å². The second-order valence-electron chi connectivity index (χ2n) is 3.59. The summed E-state index contributed by atoms with van der Waals surface area (Å²) in [5, 5.41) is 3.36. The molecule has 54 valence electrons. The van der Waals surface area contributed by atoms with Gasteiger partial charge in [-0.2, -0.15) is 0 Å². The maximum atomic E-state index is 5.04. The van der Waals surface area contributed by atoms with E-state index in [1.165, 1.54) is 0 Å². The van der Waals surface area contributed by atoms with Crippen LogP contribution in [0.5, 0.6) is 0 Å². The van der Waals surface area contributed by atoms with Crippen LogP contribution in [0.4, 0.5) is 0 Å². The first-order valence-corrected chi connectivity index (χ1v) is 3.44. The van der Waals surface area contributed by atoms with Crippen LogP contribution in [0.15, 0.2) is 0 Å². The quantitative estimate of drug-likeness (QED) is 0.557. The van der Waals surface area contributed by atoms with Crippen LogP contribution in [0.2, 0.25) is 0 Å². The average Bonchev–Trinajstić information content (AvgIpc) is 2.38. The zero-order valence-corrected chi connectivity index (χ0v) is 6.40. The fraction of sp³-hybridized carbons (Fsp3) is 1.00. The van der Waals surface area contributed by atoms with Gasteiger partial charge in [0.1, 0.15) is 0 Å². The minimum Gasteiger partial charge on any atom is -0.372 e. The summed E-state index contributed by atoms with van der Waals surface area (Å²) in [5.74, 6) is 0. The van der Waals surface area contributed by atoms with Gasteiger partial charge in [0.2, 0.25) is 0 Å². The van der Waals surface area contributed by atoms with E-state index in [4.69, 9.17) is 4.74 Å². The molecule has 1 aliphatic rings. The molecule has 1 atom stereocenters. The molecular weight excluding hydrogens is 114 g/mol. The lowest BCUT2D eigenvalue weighted by Crippen LogP contribution is -2.38. The van der Waals surface area contributed by atoms with Crippen LogP contribution in [0.3, 0.4) is 0 Å². The predicted molar refractivity (Wildman–Crippen MR) is 37.5 cm³/mol. The maximum Gasteiger partial charge on any atom is 0.0934 e. The summed E-state index contributed by atoms with van der Waals surface area (Å²) in [6.45, 7) is 8.44. The van der Waals surface area contributed by atoms with E-state index in [2.05, 4.69) is 26.1 Å². The van der Waals surface area contributed by atoms with Crippen LogP contribution < -0.4 is 5.32 Å². The lowest BCUT2D eigenvalue weighted by Gasteiger charge is -2.19. The smallest absolute Gasteiger partial charge is 0.0934 e. The SMILES string of the molecule is CC(C)(C)NC[C@H]1CO1. The lowest BCUT2D eigenvalue weighted by atomic mass is 10.1. The van der Waals surface area contributed by atoms with E-state index in [1.807, 2.05) is 0 Å². The third-order valence-electron chi connectivity index (χ3n) is 1.26. The van der Waals surface area contributed by atoms with Crippen LogP contribution in [-0.2, 0) is 4.74 Å². The van der Waals surface area contributed by atoms with Gasteiger partial charge in [0.05, 0.1) is 12.7 Å². The third-order valence-corrected chi connectivity index (χ3v) is 1.26. The first-order valence-electron chi connectivity index (χ1n) is 3.44. The van der Waals surface area contributed by atoms with E-state index < -0.39 is 0 Å². The van der Waals surface area contributed by atoms with Gasteiger partial charge in [-0.1, -0.05) is 0 Å². The fourth-order valence-corrected chi connectivity index (χ4v) is 0.606. The van der Waals surface area contributed by atoms with Crippen LogP contribution in [0.25, 0.3) is 0 Å². The molecule has 0 aromatic carbocycles. The summed E-state index contributed by atoms with van der Waals surface area (Å²) in [6.07, 6.45) is 0.504. The topological polar surface area (TPSA) is 24.6 Å². The van der Waals surface area contributed by atoms with Crippen LogP contribution in [0, 0.1) is 0 Å². The molecule has 0 radical (unpaired) electrons. The van der Waals surface area contributed by atoms with Gasteiger partial charge in [-0.3, -0.25) is 0 Å². The van der Waals surface area contributed by atoms with E-state index in [9.17, 15) is 0 Å². The highest BCUT2D eigenvalue weighted by molar-refractivity contribution is 4.78. The summed E-state index contributed by atoms with van der Waals surface area (Å²) in [7, 11) is 0. The number of ether oxygens (including phenoxy) is 1. The Morgan fingerprint density at radius 3 is 2.44 bits per heavy atom. The van der Waals surface area contributed by atoms with Crippen molar-refractivity contribution in [2.45, 2.75) is 32.4 Å². The summed E-state index contributed by atoms with van der Waals surface area (Å²) in [6, 6.07) is 0. The van der Waals surface area contributed by atoms with Crippen molar-refractivity contribution in [1.29, 1.82) is 0 Å². The van der Waals surface area contributed by atoms with Gasteiger partial charge in [0.25, 0.3) is 0 Å². The highest BCUT2D eigenvalue weighted by Gasteiger charge is 2.23. The van der Waals surface area contributed by atoms with Crippen molar-refractivity contribution in [3.05, 3.63) is 0 Å². The minimum atomic E-state index is 0.242.